The van der Waals surface area contributed by atoms with E-state index in [0.717, 1.165) is 94.3 Å². The van der Waals surface area contributed by atoms with E-state index in [-0.39, 0.29) is 0 Å². The lowest BCUT2D eigenvalue weighted by atomic mass is 9.67. The van der Waals surface area contributed by atoms with Crippen molar-refractivity contribution in [1.82, 2.24) is 0 Å². The summed E-state index contributed by atoms with van der Waals surface area (Å²) in [5.74, 6) is 0. The molecule has 0 atom stereocenters. The molecule has 0 saturated heterocycles. The van der Waals surface area contributed by atoms with Crippen molar-refractivity contribution in [3.8, 4) is 55.6 Å². The zero-order valence-electron chi connectivity index (χ0n) is 41.4. The van der Waals surface area contributed by atoms with E-state index in [4.69, 9.17) is 8.83 Å². The number of fused-ring (bicyclic) bond motifs is 9. The molecule has 2 aromatic heterocycles. The second-order valence-electron chi connectivity index (χ2n) is 19.9. The summed E-state index contributed by atoms with van der Waals surface area (Å²) in [7, 11) is 0. The number of para-hydroxylation sites is 4. The predicted octanol–water partition coefficient (Wildman–Crippen LogP) is 20.0. The fourth-order valence-corrected chi connectivity index (χ4v) is 12.3. The molecule has 356 valence electrons. The maximum atomic E-state index is 6.57. The lowest BCUT2D eigenvalue weighted by Crippen LogP contribution is -2.28. The molecular formula is C73H47NO2. The van der Waals surface area contributed by atoms with Gasteiger partial charge in [0.2, 0.25) is 0 Å². The van der Waals surface area contributed by atoms with Crippen LogP contribution in [0.2, 0.25) is 0 Å². The third kappa shape index (κ3) is 6.90. The molecule has 0 fully saturated rings. The number of rotatable bonds is 9. The molecular weight excluding hydrogens is 923 g/mol. The maximum Gasteiger partial charge on any atom is 0.143 e. The molecule has 0 aliphatic heterocycles. The van der Waals surface area contributed by atoms with Crippen LogP contribution in [0, 0.1) is 0 Å². The first-order chi connectivity index (χ1) is 37.7. The summed E-state index contributed by atoms with van der Waals surface area (Å²) >= 11 is 0. The first-order valence-corrected chi connectivity index (χ1v) is 26.1. The van der Waals surface area contributed by atoms with Crippen LogP contribution in [0.15, 0.2) is 294 Å². The Kier molecular flexibility index (Phi) is 10.1. The van der Waals surface area contributed by atoms with Crippen LogP contribution >= 0.6 is 0 Å². The highest BCUT2D eigenvalue weighted by Gasteiger charge is 2.46. The molecule has 3 nitrogen and oxygen atoms in total. The summed E-state index contributed by atoms with van der Waals surface area (Å²) in [5, 5.41) is 4.47. The van der Waals surface area contributed by atoms with Gasteiger partial charge in [0.25, 0.3) is 0 Å². The number of hydrogen-bond acceptors (Lipinski definition) is 3. The minimum atomic E-state index is -0.425. The lowest BCUT2D eigenvalue weighted by molar-refractivity contribution is 0.669. The van der Waals surface area contributed by atoms with Gasteiger partial charge in [0.1, 0.15) is 22.3 Å². The Hall–Kier alpha value is -9.96. The van der Waals surface area contributed by atoms with Crippen LogP contribution in [0.25, 0.3) is 99.5 Å². The fraction of sp³-hybridized carbons (Fsp3) is 0.0137. The van der Waals surface area contributed by atoms with E-state index in [0.29, 0.717) is 0 Å². The summed E-state index contributed by atoms with van der Waals surface area (Å²) in [4.78, 5) is 2.36. The molecule has 1 aliphatic rings. The van der Waals surface area contributed by atoms with Gasteiger partial charge in [0.05, 0.1) is 5.41 Å². The number of nitrogens with zero attached hydrogens (tertiary/aromatic N) is 1. The van der Waals surface area contributed by atoms with Crippen LogP contribution in [0.1, 0.15) is 22.3 Å². The van der Waals surface area contributed by atoms with Crippen molar-refractivity contribution in [2.75, 3.05) is 4.90 Å². The molecule has 14 aromatic rings. The van der Waals surface area contributed by atoms with E-state index in [9.17, 15) is 0 Å². The Morgan fingerprint density at radius 1 is 0.250 bits per heavy atom. The first kappa shape index (κ1) is 43.6. The monoisotopic (exact) mass is 969 g/mol. The molecule has 2 heterocycles. The number of benzene rings is 12. The van der Waals surface area contributed by atoms with Gasteiger partial charge in [-0.2, -0.15) is 0 Å². The van der Waals surface area contributed by atoms with Gasteiger partial charge in [-0.05, 0) is 121 Å². The van der Waals surface area contributed by atoms with Gasteiger partial charge in [-0.1, -0.05) is 231 Å². The molecule has 0 radical (unpaired) electrons. The molecule has 0 N–H and O–H groups in total. The first-order valence-electron chi connectivity index (χ1n) is 26.1. The Bertz CT molecular complexity index is 4470. The molecule has 12 aromatic carbocycles. The summed E-state index contributed by atoms with van der Waals surface area (Å²) in [6.45, 7) is 0. The van der Waals surface area contributed by atoms with Crippen molar-refractivity contribution >= 4 is 60.9 Å². The van der Waals surface area contributed by atoms with Crippen LogP contribution in [0.3, 0.4) is 0 Å². The SMILES string of the molecule is c1ccc(C2(c3ccccc3)c3ccccc3-c3cc(-c4ccc(-c5cccc(N(c6ccc(-c7cccc8c7oc7ccccc78)cc6)c6cccc(-c7cccc8c7oc7ccccc78)c6)c5)cc4)ccc32)cc1. The Morgan fingerprint density at radius 3 is 1.30 bits per heavy atom. The van der Waals surface area contributed by atoms with Crippen molar-refractivity contribution in [2.24, 2.45) is 0 Å². The minimum absolute atomic E-state index is 0.425. The van der Waals surface area contributed by atoms with Crippen molar-refractivity contribution in [2.45, 2.75) is 5.41 Å². The summed E-state index contributed by atoms with van der Waals surface area (Å²) < 4.78 is 13.1. The molecule has 76 heavy (non-hydrogen) atoms. The van der Waals surface area contributed by atoms with Gasteiger partial charge in [0.15, 0.2) is 0 Å². The van der Waals surface area contributed by atoms with Crippen molar-refractivity contribution < 1.29 is 8.83 Å². The van der Waals surface area contributed by atoms with E-state index in [1.807, 2.05) is 24.3 Å². The minimum Gasteiger partial charge on any atom is -0.455 e. The fourth-order valence-electron chi connectivity index (χ4n) is 12.3. The van der Waals surface area contributed by atoms with Crippen molar-refractivity contribution in [1.29, 1.82) is 0 Å². The van der Waals surface area contributed by atoms with Gasteiger partial charge in [0, 0.05) is 49.7 Å². The number of hydrogen-bond donors (Lipinski definition) is 0. The highest BCUT2D eigenvalue weighted by molar-refractivity contribution is 6.11. The van der Waals surface area contributed by atoms with Crippen LogP contribution in [-0.4, -0.2) is 0 Å². The van der Waals surface area contributed by atoms with Gasteiger partial charge >= 0.3 is 0 Å². The Morgan fingerprint density at radius 2 is 0.684 bits per heavy atom. The standard InChI is InChI=1S/C73H47NO2/c1-3-19-54(20-4-1)73(55-21-5-2-6-22-55)67-32-10-7-25-61(67)66-47-52(41-44-68(66)73)49-37-35-48(36-38-49)51-17-13-23-57(45-51)74(56-42-39-50(40-43-56)59-28-15-30-64-62-26-8-11-33-69(62)75-71(59)64)58-24-14-18-53(46-58)60-29-16-31-65-63-27-9-12-34-70(63)76-72(60)65/h1-47H. The van der Waals surface area contributed by atoms with Gasteiger partial charge in [-0.25, -0.2) is 0 Å². The second kappa shape index (κ2) is 17.6. The topological polar surface area (TPSA) is 29.5 Å². The van der Waals surface area contributed by atoms with E-state index < -0.39 is 5.41 Å². The molecule has 0 unspecified atom stereocenters. The largest absolute Gasteiger partial charge is 0.455 e. The Labute approximate surface area is 440 Å². The maximum absolute atomic E-state index is 6.57. The quantitative estimate of drug-likeness (QED) is 0.144. The predicted molar refractivity (Wildman–Crippen MR) is 315 cm³/mol. The van der Waals surface area contributed by atoms with Crippen molar-refractivity contribution in [3.05, 3.63) is 307 Å². The summed E-state index contributed by atoms with van der Waals surface area (Å²) in [6, 6.07) is 103. The van der Waals surface area contributed by atoms with Gasteiger partial charge < -0.3 is 13.7 Å². The summed E-state index contributed by atoms with van der Waals surface area (Å²) in [5.41, 5.74) is 22.9. The molecule has 0 bridgehead atoms. The molecule has 0 amide bonds. The van der Waals surface area contributed by atoms with E-state index in [1.165, 1.54) is 44.5 Å². The third-order valence-electron chi connectivity index (χ3n) is 15.8. The number of furan rings is 2. The average Bonchev–Trinajstić information content (AvgIpc) is 4.27. The van der Waals surface area contributed by atoms with E-state index in [2.05, 4.69) is 266 Å². The molecule has 0 spiro atoms. The zero-order valence-corrected chi connectivity index (χ0v) is 41.4. The zero-order chi connectivity index (χ0) is 50.2. The highest BCUT2D eigenvalue weighted by atomic mass is 16.3. The number of anilines is 3. The van der Waals surface area contributed by atoms with Crippen molar-refractivity contribution in [3.63, 3.8) is 0 Å². The smallest absolute Gasteiger partial charge is 0.143 e. The second-order valence-corrected chi connectivity index (χ2v) is 19.9. The third-order valence-corrected chi connectivity index (χ3v) is 15.8. The molecule has 15 rings (SSSR count). The van der Waals surface area contributed by atoms with Gasteiger partial charge in [-0.15, -0.1) is 0 Å². The molecule has 3 heteroatoms. The van der Waals surface area contributed by atoms with E-state index >= 15 is 0 Å². The average molecular weight is 970 g/mol. The van der Waals surface area contributed by atoms with E-state index in [1.54, 1.807) is 0 Å². The van der Waals surface area contributed by atoms with Crippen LogP contribution in [0.5, 0.6) is 0 Å². The normalized spacial score (nSPS) is 12.6. The van der Waals surface area contributed by atoms with Crippen LogP contribution in [-0.2, 0) is 5.41 Å². The molecule has 0 saturated carbocycles. The van der Waals surface area contributed by atoms with Crippen LogP contribution in [0.4, 0.5) is 17.1 Å². The lowest BCUT2D eigenvalue weighted by Gasteiger charge is -2.33. The Balaban J connectivity index is 0.813. The molecule has 1 aliphatic carbocycles. The highest BCUT2D eigenvalue weighted by Crippen LogP contribution is 2.57. The van der Waals surface area contributed by atoms with Gasteiger partial charge in [-0.3, -0.25) is 0 Å². The summed E-state index contributed by atoms with van der Waals surface area (Å²) in [6.07, 6.45) is 0. The van der Waals surface area contributed by atoms with Crippen LogP contribution < -0.4 is 4.90 Å².